The predicted molar refractivity (Wildman–Crippen MR) is 85.6 cm³/mol. The highest BCUT2D eigenvalue weighted by molar-refractivity contribution is 5.63. The second-order valence-corrected chi connectivity index (χ2v) is 5.10. The van der Waals surface area contributed by atoms with Crippen molar-refractivity contribution in [2.45, 2.75) is 33.3 Å². The molecule has 0 aliphatic carbocycles. The Morgan fingerprint density at radius 1 is 0.900 bits per heavy atom. The molecule has 1 N–H and O–H groups in total. The zero-order valence-corrected chi connectivity index (χ0v) is 12.5. The number of aliphatic hydroxyl groups excluding tert-OH is 1. The van der Waals surface area contributed by atoms with Crippen molar-refractivity contribution in [3.05, 3.63) is 59.7 Å². The van der Waals surface area contributed by atoms with Gasteiger partial charge < -0.3 is 10.0 Å². The molecule has 0 radical (unpaired) electrons. The second kappa shape index (κ2) is 6.58. The molecule has 0 aromatic heterocycles. The minimum Gasteiger partial charge on any atom is -0.388 e. The molecule has 0 unspecified atom stereocenters. The van der Waals surface area contributed by atoms with Crippen molar-refractivity contribution in [2.24, 2.45) is 0 Å². The molecule has 2 nitrogen and oxygen atoms in total. The van der Waals surface area contributed by atoms with Crippen LogP contribution in [-0.4, -0.2) is 11.7 Å². The summed E-state index contributed by atoms with van der Waals surface area (Å²) in [5, 5.41) is 9.85. The molecule has 0 spiro atoms. The largest absolute Gasteiger partial charge is 0.388 e. The third-order valence-corrected chi connectivity index (χ3v) is 3.64. The van der Waals surface area contributed by atoms with E-state index in [-0.39, 0.29) is 6.10 Å². The van der Waals surface area contributed by atoms with Crippen molar-refractivity contribution in [3.63, 3.8) is 0 Å². The summed E-state index contributed by atoms with van der Waals surface area (Å²) in [6.45, 7) is 7.15. The quantitative estimate of drug-likeness (QED) is 0.857. The monoisotopic (exact) mass is 269 g/mol. The van der Waals surface area contributed by atoms with Crippen molar-refractivity contribution in [2.75, 3.05) is 11.4 Å². The van der Waals surface area contributed by atoms with E-state index in [4.69, 9.17) is 0 Å². The van der Waals surface area contributed by atoms with Crippen LogP contribution in [0.1, 0.15) is 37.5 Å². The highest BCUT2D eigenvalue weighted by Gasteiger charge is 2.09. The highest BCUT2D eigenvalue weighted by atomic mass is 16.3. The average Bonchev–Trinajstić information content (AvgIpc) is 2.50. The lowest BCUT2D eigenvalue weighted by Crippen LogP contribution is -2.15. The Morgan fingerprint density at radius 3 is 1.85 bits per heavy atom. The Morgan fingerprint density at radius 2 is 1.40 bits per heavy atom. The van der Waals surface area contributed by atoms with Crippen LogP contribution in [0.15, 0.2) is 48.5 Å². The van der Waals surface area contributed by atoms with E-state index in [2.05, 4.69) is 55.1 Å². The van der Waals surface area contributed by atoms with Crippen LogP contribution in [0.25, 0.3) is 0 Å². The molecule has 0 fully saturated rings. The molecule has 0 saturated carbocycles. The summed E-state index contributed by atoms with van der Waals surface area (Å²) in [6, 6.07) is 16.7. The van der Waals surface area contributed by atoms with Gasteiger partial charge in [0.2, 0.25) is 0 Å². The van der Waals surface area contributed by atoms with Gasteiger partial charge in [-0.05, 0) is 50.1 Å². The van der Waals surface area contributed by atoms with Gasteiger partial charge >= 0.3 is 0 Å². The molecular formula is C18H23NO. The average molecular weight is 269 g/mol. The Bertz CT molecular complexity index is 530. The maximum atomic E-state index is 9.85. The first-order valence-electron chi connectivity index (χ1n) is 7.28. The zero-order valence-electron chi connectivity index (χ0n) is 12.5. The van der Waals surface area contributed by atoms with Gasteiger partial charge in [-0.2, -0.15) is 0 Å². The van der Waals surface area contributed by atoms with Crippen LogP contribution in [-0.2, 0) is 0 Å². The van der Waals surface area contributed by atoms with Crippen LogP contribution in [0.2, 0.25) is 0 Å². The van der Waals surface area contributed by atoms with Crippen LogP contribution in [0, 0.1) is 6.92 Å². The van der Waals surface area contributed by atoms with Crippen molar-refractivity contribution < 1.29 is 5.11 Å². The standard InChI is InChI=1S/C18H23NO/c1-4-18(20)15-8-12-17(13-9-15)19(5-2)16-10-6-14(3)7-11-16/h6-13,18,20H,4-5H2,1-3H3/t18-/m0/s1. The second-order valence-electron chi connectivity index (χ2n) is 5.10. The SMILES string of the molecule is CC[C@H](O)c1ccc(N(CC)c2ccc(C)cc2)cc1. The van der Waals surface area contributed by atoms with E-state index in [1.165, 1.54) is 11.3 Å². The van der Waals surface area contributed by atoms with Gasteiger partial charge in [0.1, 0.15) is 0 Å². The van der Waals surface area contributed by atoms with Crippen molar-refractivity contribution >= 4 is 11.4 Å². The first-order valence-corrected chi connectivity index (χ1v) is 7.28. The maximum Gasteiger partial charge on any atom is 0.0787 e. The molecule has 1 atom stereocenters. The summed E-state index contributed by atoms with van der Waals surface area (Å²) in [7, 11) is 0. The van der Waals surface area contributed by atoms with Crippen LogP contribution >= 0.6 is 0 Å². The van der Waals surface area contributed by atoms with E-state index >= 15 is 0 Å². The molecule has 0 saturated heterocycles. The zero-order chi connectivity index (χ0) is 14.5. The Kier molecular flexibility index (Phi) is 4.80. The molecule has 2 heteroatoms. The molecule has 0 bridgehead atoms. The van der Waals surface area contributed by atoms with Gasteiger partial charge in [0.25, 0.3) is 0 Å². The summed E-state index contributed by atoms with van der Waals surface area (Å²) in [4.78, 5) is 2.27. The topological polar surface area (TPSA) is 23.5 Å². The van der Waals surface area contributed by atoms with Crippen LogP contribution < -0.4 is 4.90 Å². The van der Waals surface area contributed by atoms with Gasteiger partial charge in [-0.25, -0.2) is 0 Å². The van der Waals surface area contributed by atoms with Gasteiger partial charge in [-0.3, -0.25) is 0 Å². The maximum absolute atomic E-state index is 9.85. The molecule has 0 aliphatic rings. The normalized spacial score (nSPS) is 12.2. The van der Waals surface area contributed by atoms with Gasteiger partial charge in [-0.1, -0.05) is 36.8 Å². The van der Waals surface area contributed by atoms with Gasteiger partial charge in [0.05, 0.1) is 6.10 Å². The molecule has 0 heterocycles. The fourth-order valence-corrected chi connectivity index (χ4v) is 2.35. The van der Waals surface area contributed by atoms with E-state index in [1.807, 2.05) is 19.1 Å². The summed E-state index contributed by atoms with van der Waals surface area (Å²) in [5.74, 6) is 0. The number of aryl methyl sites for hydroxylation is 1. The third kappa shape index (κ3) is 3.20. The number of rotatable bonds is 5. The Labute approximate surface area is 121 Å². The van der Waals surface area contributed by atoms with E-state index in [0.29, 0.717) is 0 Å². The summed E-state index contributed by atoms with van der Waals surface area (Å²) >= 11 is 0. The number of aliphatic hydroxyl groups is 1. The molecule has 2 rings (SSSR count). The number of nitrogens with zero attached hydrogens (tertiary/aromatic N) is 1. The lowest BCUT2D eigenvalue weighted by molar-refractivity contribution is 0.173. The molecule has 0 amide bonds. The fourth-order valence-electron chi connectivity index (χ4n) is 2.35. The minimum atomic E-state index is -0.362. The van der Waals surface area contributed by atoms with Crippen molar-refractivity contribution in [1.29, 1.82) is 0 Å². The Balaban J connectivity index is 2.25. The predicted octanol–water partition coefficient (Wildman–Crippen LogP) is 4.60. The van der Waals surface area contributed by atoms with Crippen molar-refractivity contribution in [3.8, 4) is 0 Å². The first kappa shape index (κ1) is 14.6. The fraction of sp³-hybridized carbons (Fsp3) is 0.333. The summed E-state index contributed by atoms with van der Waals surface area (Å²) < 4.78 is 0. The van der Waals surface area contributed by atoms with E-state index in [9.17, 15) is 5.11 Å². The summed E-state index contributed by atoms with van der Waals surface area (Å²) in [5.41, 5.74) is 4.60. The first-order chi connectivity index (χ1) is 9.65. The number of hydrogen-bond acceptors (Lipinski definition) is 2. The lowest BCUT2D eigenvalue weighted by atomic mass is 10.1. The van der Waals surface area contributed by atoms with E-state index in [0.717, 1.165) is 24.2 Å². The van der Waals surface area contributed by atoms with Crippen LogP contribution in [0.5, 0.6) is 0 Å². The molecule has 2 aromatic rings. The molecule has 20 heavy (non-hydrogen) atoms. The van der Waals surface area contributed by atoms with Gasteiger partial charge in [0, 0.05) is 17.9 Å². The Hall–Kier alpha value is -1.80. The molecule has 106 valence electrons. The molecule has 0 aliphatic heterocycles. The van der Waals surface area contributed by atoms with Crippen molar-refractivity contribution in [1.82, 2.24) is 0 Å². The van der Waals surface area contributed by atoms with E-state index in [1.54, 1.807) is 0 Å². The minimum absolute atomic E-state index is 0.362. The smallest absolute Gasteiger partial charge is 0.0787 e. The number of anilines is 2. The number of benzene rings is 2. The highest BCUT2D eigenvalue weighted by Crippen LogP contribution is 2.27. The van der Waals surface area contributed by atoms with Gasteiger partial charge in [-0.15, -0.1) is 0 Å². The third-order valence-electron chi connectivity index (χ3n) is 3.64. The lowest BCUT2D eigenvalue weighted by Gasteiger charge is -2.24. The summed E-state index contributed by atoms with van der Waals surface area (Å²) in [6.07, 6.45) is 0.382. The molecular weight excluding hydrogens is 246 g/mol. The van der Waals surface area contributed by atoms with Crippen LogP contribution in [0.4, 0.5) is 11.4 Å². The molecule has 2 aromatic carbocycles. The van der Waals surface area contributed by atoms with E-state index < -0.39 is 0 Å². The number of hydrogen-bond donors (Lipinski definition) is 1. The van der Waals surface area contributed by atoms with Gasteiger partial charge in [0.15, 0.2) is 0 Å². The van der Waals surface area contributed by atoms with Crippen LogP contribution in [0.3, 0.4) is 0 Å².